The van der Waals surface area contributed by atoms with Crippen LogP contribution in [0.3, 0.4) is 0 Å². The Kier molecular flexibility index (Phi) is 7.74. The molecule has 2 fully saturated rings. The van der Waals surface area contributed by atoms with E-state index < -0.39 is 12.1 Å². The zero-order valence-electron chi connectivity index (χ0n) is 20.7. The van der Waals surface area contributed by atoms with Crippen molar-refractivity contribution >= 4 is 28.7 Å². The van der Waals surface area contributed by atoms with E-state index in [-0.39, 0.29) is 5.91 Å². The van der Waals surface area contributed by atoms with E-state index in [9.17, 15) is 18.0 Å². The second kappa shape index (κ2) is 10.8. The predicted octanol–water partition coefficient (Wildman–Crippen LogP) is 4.86. The van der Waals surface area contributed by atoms with Gasteiger partial charge in [-0.15, -0.1) is 0 Å². The smallest absolute Gasteiger partial charge is 0.475 e. The number of rotatable bonds is 4. The number of halogens is 3. The molecule has 0 aromatic carbocycles. The van der Waals surface area contributed by atoms with Gasteiger partial charge in [0.05, 0.1) is 18.1 Å². The molecule has 1 amide bonds. The molecule has 0 aliphatic carbocycles. The number of piperidine rings is 1. The van der Waals surface area contributed by atoms with E-state index in [0.29, 0.717) is 17.7 Å². The first kappa shape index (κ1) is 26.5. The number of pyridine rings is 1. The second-order valence-electron chi connectivity index (χ2n) is 9.52. The van der Waals surface area contributed by atoms with E-state index >= 15 is 0 Å². The fourth-order valence-electron chi connectivity index (χ4n) is 4.74. The summed E-state index contributed by atoms with van der Waals surface area (Å²) in [6, 6.07) is 6.08. The number of nitrogens with zero attached hydrogens (tertiary/aromatic N) is 5. The number of carbonyl (C=O) groups is 2. The van der Waals surface area contributed by atoms with Gasteiger partial charge in [0.1, 0.15) is 5.52 Å². The number of hydrogen-bond donors (Lipinski definition) is 1. The van der Waals surface area contributed by atoms with Gasteiger partial charge in [-0.2, -0.15) is 13.2 Å². The Morgan fingerprint density at radius 1 is 1.14 bits per heavy atom. The molecule has 0 atom stereocenters. The molecule has 0 saturated carbocycles. The number of carbonyl (C=O) groups excluding carboxylic acids is 1. The maximum Gasteiger partial charge on any atom is 0.490 e. The third kappa shape index (κ3) is 5.89. The molecule has 2 saturated heterocycles. The number of amides is 1. The van der Waals surface area contributed by atoms with Crippen molar-refractivity contribution in [3.63, 3.8) is 0 Å². The lowest BCUT2D eigenvalue weighted by atomic mass is 9.92. The number of carboxylic acids is 1. The molecule has 0 bridgehead atoms. The second-order valence-corrected chi connectivity index (χ2v) is 9.52. The molecule has 1 N–H and O–H groups in total. The lowest BCUT2D eigenvalue weighted by Crippen LogP contribution is -2.38. The lowest BCUT2D eigenvalue weighted by molar-refractivity contribution is -0.192. The molecule has 37 heavy (non-hydrogen) atoms. The highest BCUT2D eigenvalue weighted by Gasteiger charge is 2.38. The molecule has 0 unspecified atom stereocenters. The van der Waals surface area contributed by atoms with Crippen LogP contribution in [0.2, 0.25) is 0 Å². The van der Waals surface area contributed by atoms with E-state index in [1.54, 1.807) is 18.4 Å². The van der Waals surface area contributed by atoms with E-state index in [1.165, 1.54) is 18.4 Å². The van der Waals surface area contributed by atoms with Crippen LogP contribution in [-0.4, -0.2) is 68.8 Å². The topological polar surface area (TPSA) is 105 Å². The third-order valence-corrected chi connectivity index (χ3v) is 6.70. The summed E-state index contributed by atoms with van der Waals surface area (Å²) in [6.07, 6.45) is 2.68. The molecule has 12 heteroatoms. The standard InChI is InChI=1S/C23H29N5O2.C2HF3O2/c1-16(2)28-15-24-21-19(28)14-18(25-22(21)26-9-3-4-10-26)17-7-11-27(12-8-17)23(29)20-6-5-13-30-20;3-2(4,5)1(6)7/h5-6,13-17H,3-4,7-12H2,1-2H3;(H,6,7). The Hall–Kier alpha value is -3.57. The molecule has 0 radical (unpaired) electrons. The zero-order valence-corrected chi connectivity index (χ0v) is 20.7. The highest BCUT2D eigenvalue weighted by molar-refractivity contribution is 5.91. The molecular weight excluding hydrogens is 491 g/mol. The number of carboxylic acid groups (broad SMARTS) is 1. The summed E-state index contributed by atoms with van der Waals surface area (Å²) < 4.78 is 39.3. The summed E-state index contributed by atoms with van der Waals surface area (Å²) in [5.41, 5.74) is 3.32. The SMILES string of the molecule is CC(C)n1cnc2c(N3CCCC3)nc(C3CCN(C(=O)c4ccco4)CC3)cc21.O=C(O)C(F)(F)F. The van der Waals surface area contributed by atoms with Crippen LogP contribution < -0.4 is 4.90 Å². The zero-order chi connectivity index (χ0) is 26.7. The Morgan fingerprint density at radius 3 is 2.32 bits per heavy atom. The Labute approximate surface area is 211 Å². The highest BCUT2D eigenvalue weighted by atomic mass is 19.4. The fourth-order valence-corrected chi connectivity index (χ4v) is 4.74. The fraction of sp³-hybridized carbons (Fsp3) is 0.520. The summed E-state index contributed by atoms with van der Waals surface area (Å²) >= 11 is 0. The summed E-state index contributed by atoms with van der Waals surface area (Å²) in [5, 5.41) is 7.12. The molecule has 5 rings (SSSR count). The Balaban J connectivity index is 0.000000405. The maximum absolute atomic E-state index is 12.6. The number of aliphatic carboxylic acids is 1. The van der Waals surface area contributed by atoms with Crippen LogP contribution in [0.1, 0.15) is 67.7 Å². The quantitative estimate of drug-likeness (QED) is 0.523. The summed E-state index contributed by atoms with van der Waals surface area (Å²) in [5.74, 6) is -0.962. The molecule has 9 nitrogen and oxygen atoms in total. The molecule has 0 spiro atoms. The van der Waals surface area contributed by atoms with Crippen LogP contribution in [0, 0.1) is 0 Å². The number of aromatic nitrogens is 3. The summed E-state index contributed by atoms with van der Waals surface area (Å²) in [6.45, 7) is 7.94. The van der Waals surface area contributed by atoms with Crippen LogP contribution in [0.15, 0.2) is 35.2 Å². The molecule has 2 aliphatic heterocycles. The number of alkyl halides is 3. The number of fused-ring (bicyclic) bond motifs is 1. The van der Waals surface area contributed by atoms with Crippen molar-refractivity contribution in [1.82, 2.24) is 19.4 Å². The van der Waals surface area contributed by atoms with Crippen molar-refractivity contribution < 1.29 is 32.3 Å². The lowest BCUT2D eigenvalue weighted by Gasteiger charge is -2.31. The average Bonchev–Trinajstić information content (AvgIpc) is 3.64. The summed E-state index contributed by atoms with van der Waals surface area (Å²) in [7, 11) is 0. The van der Waals surface area contributed by atoms with Crippen molar-refractivity contribution in [3.8, 4) is 0 Å². The van der Waals surface area contributed by atoms with Gasteiger partial charge in [-0.3, -0.25) is 4.79 Å². The van der Waals surface area contributed by atoms with Gasteiger partial charge in [0.15, 0.2) is 11.6 Å². The molecule has 200 valence electrons. The van der Waals surface area contributed by atoms with E-state index in [1.807, 2.05) is 11.2 Å². The molecular formula is C25H30F3N5O4. The van der Waals surface area contributed by atoms with Gasteiger partial charge in [-0.25, -0.2) is 14.8 Å². The highest BCUT2D eigenvalue weighted by Crippen LogP contribution is 2.34. The Morgan fingerprint density at radius 2 is 1.78 bits per heavy atom. The molecule has 3 aromatic rings. The molecule has 5 heterocycles. The van der Waals surface area contributed by atoms with Gasteiger partial charge < -0.3 is 23.9 Å². The van der Waals surface area contributed by atoms with Crippen LogP contribution in [0.5, 0.6) is 0 Å². The van der Waals surface area contributed by atoms with Crippen LogP contribution in [0.4, 0.5) is 19.0 Å². The first-order valence-corrected chi connectivity index (χ1v) is 12.3. The van der Waals surface area contributed by atoms with Crippen molar-refractivity contribution in [2.45, 2.75) is 57.7 Å². The number of likely N-dealkylation sites (tertiary alicyclic amines) is 1. The maximum atomic E-state index is 12.6. The van der Waals surface area contributed by atoms with Gasteiger partial charge in [0.2, 0.25) is 0 Å². The first-order chi connectivity index (χ1) is 17.6. The first-order valence-electron chi connectivity index (χ1n) is 12.3. The normalized spacial score (nSPS) is 16.8. The van der Waals surface area contributed by atoms with Crippen molar-refractivity contribution in [3.05, 3.63) is 42.2 Å². The minimum atomic E-state index is -5.08. The van der Waals surface area contributed by atoms with Gasteiger partial charge in [-0.1, -0.05) is 0 Å². The molecule has 2 aliphatic rings. The van der Waals surface area contributed by atoms with Crippen molar-refractivity contribution in [2.24, 2.45) is 0 Å². The van der Waals surface area contributed by atoms with E-state index in [2.05, 4.69) is 29.4 Å². The van der Waals surface area contributed by atoms with Crippen LogP contribution in [0.25, 0.3) is 11.0 Å². The minimum Gasteiger partial charge on any atom is -0.475 e. The average molecular weight is 522 g/mol. The van der Waals surface area contributed by atoms with Gasteiger partial charge in [-0.05, 0) is 57.7 Å². The monoisotopic (exact) mass is 521 g/mol. The van der Waals surface area contributed by atoms with Crippen LogP contribution >= 0.6 is 0 Å². The van der Waals surface area contributed by atoms with Gasteiger partial charge in [0, 0.05) is 43.8 Å². The molecule has 3 aromatic heterocycles. The van der Waals surface area contributed by atoms with Crippen LogP contribution in [-0.2, 0) is 4.79 Å². The Bertz CT molecular complexity index is 1230. The number of anilines is 1. The van der Waals surface area contributed by atoms with Crippen molar-refractivity contribution in [2.75, 3.05) is 31.1 Å². The summed E-state index contributed by atoms with van der Waals surface area (Å²) in [4.78, 5) is 35.6. The number of furan rings is 1. The predicted molar refractivity (Wildman–Crippen MR) is 130 cm³/mol. The van der Waals surface area contributed by atoms with Gasteiger partial charge in [0.25, 0.3) is 5.91 Å². The van der Waals surface area contributed by atoms with E-state index in [0.717, 1.165) is 56.0 Å². The minimum absolute atomic E-state index is 0.0162. The number of hydrogen-bond acceptors (Lipinski definition) is 6. The van der Waals surface area contributed by atoms with Gasteiger partial charge >= 0.3 is 12.1 Å². The van der Waals surface area contributed by atoms with E-state index in [4.69, 9.17) is 24.3 Å². The number of imidazole rings is 1. The largest absolute Gasteiger partial charge is 0.490 e. The van der Waals surface area contributed by atoms with Crippen molar-refractivity contribution in [1.29, 1.82) is 0 Å². The third-order valence-electron chi connectivity index (χ3n) is 6.70.